The predicted molar refractivity (Wildman–Crippen MR) is 149 cm³/mol. The number of aromatic hydroxyl groups is 1. The number of carbonyl (C=O) groups is 3. The lowest BCUT2D eigenvalue weighted by Crippen LogP contribution is -2.57. The molecule has 0 aromatic heterocycles. The van der Waals surface area contributed by atoms with Crippen molar-refractivity contribution < 1.29 is 28.6 Å². The van der Waals surface area contributed by atoms with Gasteiger partial charge in [0.1, 0.15) is 12.1 Å². The number of ether oxygens (including phenoxy) is 1. The van der Waals surface area contributed by atoms with E-state index in [1.54, 1.807) is 14.0 Å². The smallest absolute Gasteiger partial charge is 0.243 e. The Labute approximate surface area is 236 Å². The van der Waals surface area contributed by atoms with Crippen LogP contribution in [0.3, 0.4) is 0 Å². The molecule has 40 heavy (non-hydrogen) atoms. The van der Waals surface area contributed by atoms with Gasteiger partial charge in [-0.1, -0.05) is 18.9 Å². The third-order valence-electron chi connectivity index (χ3n) is 8.67. The fraction of sp³-hybridized carbons (Fsp3) is 0.700. The van der Waals surface area contributed by atoms with Gasteiger partial charge in [-0.2, -0.15) is 0 Å². The van der Waals surface area contributed by atoms with Crippen molar-refractivity contribution in [3.63, 3.8) is 0 Å². The molecule has 1 saturated heterocycles. The number of likely N-dealkylation sites (N-methyl/N-ethyl adjacent to an activating group) is 1. The molecule has 1 aromatic carbocycles. The van der Waals surface area contributed by atoms with E-state index in [2.05, 4.69) is 16.0 Å². The van der Waals surface area contributed by atoms with E-state index >= 15 is 0 Å². The van der Waals surface area contributed by atoms with E-state index in [1.807, 2.05) is 6.92 Å². The number of rotatable bonds is 3. The lowest BCUT2D eigenvalue weighted by atomic mass is 9.83. The van der Waals surface area contributed by atoms with Crippen LogP contribution in [-0.2, 0) is 25.5 Å². The zero-order valence-electron chi connectivity index (χ0n) is 24.0. The highest BCUT2D eigenvalue weighted by atomic mass is 19.1. The number of phenolic OH excluding ortho intramolecular Hbond substituents is 1. The van der Waals surface area contributed by atoms with Gasteiger partial charge in [-0.3, -0.25) is 14.4 Å². The number of benzene rings is 1. The van der Waals surface area contributed by atoms with Gasteiger partial charge in [0.15, 0.2) is 11.6 Å². The number of hydrogen-bond acceptors (Lipinski definition) is 6. The SMILES string of the molecule is C[C@@H]1CN[C@@H](C2CC2)C(=O)N(C)[C@H](C)C(=O)N[C@H](Cc2ccc(O)c(F)c2)C(=O)NCCCC2CCCCC2O1. The van der Waals surface area contributed by atoms with Crippen LogP contribution in [0.25, 0.3) is 0 Å². The van der Waals surface area contributed by atoms with Crippen LogP contribution in [0.2, 0.25) is 0 Å². The monoisotopic (exact) mass is 560 g/mol. The van der Waals surface area contributed by atoms with Crippen LogP contribution in [-0.4, -0.2) is 78.2 Å². The Morgan fingerprint density at radius 3 is 2.45 bits per heavy atom. The second-order valence-corrected chi connectivity index (χ2v) is 11.9. The fourth-order valence-electron chi connectivity index (χ4n) is 5.91. The fourth-order valence-corrected chi connectivity index (χ4v) is 5.91. The second-order valence-electron chi connectivity index (χ2n) is 11.9. The van der Waals surface area contributed by atoms with Crippen LogP contribution in [0, 0.1) is 17.7 Å². The molecule has 0 radical (unpaired) electrons. The summed E-state index contributed by atoms with van der Waals surface area (Å²) in [6.45, 7) is 4.70. The van der Waals surface area contributed by atoms with Crippen molar-refractivity contribution in [2.24, 2.45) is 11.8 Å². The first-order chi connectivity index (χ1) is 19.1. The van der Waals surface area contributed by atoms with Gasteiger partial charge in [-0.15, -0.1) is 0 Å². The summed E-state index contributed by atoms with van der Waals surface area (Å²) in [5, 5.41) is 18.7. The van der Waals surface area contributed by atoms with E-state index in [-0.39, 0.29) is 36.4 Å². The quantitative estimate of drug-likeness (QED) is 0.451. The highest BCUT2D eigenvalue weighted by molar-refractivity contribution is 5.93. The third kappa shape index (κ3) is 7.94. The Morgan fingerprint density at radius 1 is 1.00 bits per heavy atom. The molecule has 2 saturated carbocycles. The molecule has 1 heterocycles. The molecule has 9 nitrogen and oxygen atoms in total. The molecule has 2 aliphatic carbocycles. The van der Waals surface area contributed by atoms with E-state index in [1.165, 1.54) is 23.5 Å². The van der Waals surface area contributed by atoms with Crippen molar-refractivity contribution in [2.75, 3.05) is 20.1 Å². The third-order valence-corrected chi connectivity index (χ3v) is 8.67. The minimum Gasteiger partial charge on any atom is -0.505 e. The normalized spacial score (nSPS) is 31.9. The first-order valence-corrected chi connectivity index (χ1v) is 14.8. The van der Waals surface area contributed by atoms with Crippen LogP contribution in [0.5, 0.6) is 5.75 Å². The van der Waals surface area contributed by atoms with Gasteiger partial charge >= 0.3 is 0 Å². The van der Waals surface area contributed by atoms with Crippen molar-refractivity contribution in [1.82, 2.24) is 20.9 Å². The lowest BCUT2D eigenvalue weighted by molar-refractivity contribution is -0.141. The number of halogens is 1. The van der Waals surface area contributed by atoms with E-state index < -0.39 is 35.6 Å². The zero-order valence-corrected chi connectivity index (χ0v) is 24.0. The molecule has 3 fully saturated rings. The largest absolute Gasteiger partial charge is 0.505 e. The first-order valence-electron chi connectivity index (χ1n) is 14.8. The molecular formula is C30H45FN4O5. The predicted octanol–water partition coefficient (Wildman–Crippen LogP) is 2.65. The van der Waals surface area contributed by atoms with Gasteiger partial charge in [0.2, 0.25) is 17.7 Å². The van der Waals surface area contributed by atoms with Crippen LogP contribution in [0.15, 0.2) is 18.2 Å². The van der Waals surface area contributed by atoms with E-state index in [0.717, 1.165) is 51.0 Å². The van der Waals surface area contributed by atoms with Crippen molar-refractivity contribution in [1.29, 1.82) is 0 Å². The molecule has 1 aromatic rings. The maximum absolute atomic E-state index is 14.0. The Bertz CT molecular complexity index is 1050. The molecular weight excluding hydrogens is 515 g/mol. The summed E-state index contributed by atoms with van der Waals surface area (Å²) < 4.78 is 20.5. The van der Waals surface area contributed by atoms with Crippen molar-refractivity contribution in [3.8, 4) is 5.75 Å². The van der Waals surface area contributed by atoms with Crippen molar-refractivity contribution >= 4 is 17.7 Å². The van der Waals surface area contributed by atoms with E-state index in [0.29, 0.717) is 24.6 Å². The van der Waals surface area contributed by atoms with Gasteiger partial charge < -0.3 is 30.7 Å². The number of nitrogens with zero attached hydrogens (tertiary/aromatic N) is 1. The van der Waals surface area contributed by atoms with Gasteiger partial charge in [-0.25, -0.2) is 4.39 Å². The van der Waals surface area contributed by atoms with Crippen LogP contribution < -0.4 is 16.0 Å². The van der Waals surface area contributed by atoms with E-state index in [9.17, 15) is 23.9 Å². The van der Waals surface area contributed by atoms with Crippen LogP contribution in [0.4, 0.5) is 4.39 Å². The van der Waals surface area contributed by atoms with Crippen LogP contribution >= 0.6 is 0 Å². The van der Waals surface area contributed by atoms with Crippen molar-refractivity contribution in [2.45, 2.75) is 102 Å². The number of carbonyl (C=O) groups excluding carboxylic acids is 3. The second kappa shape index (κ2) is 13.8. The minimum absolute atomic E-state index is 0.0435. The minimum atomic E-state index is -0.967. The van der Waals surface area contributed by atoms with E-state index in [4.69, 9.17) is 4.74 Å². The Balaban J connectivity index is 1.53. The maximum atomic E-state index is 14.0. The molecule has 6 atom stereocenters. The molecule has 2 unspecified atom stereocenters. The summed E-state index contributed by atoms with van der Waals surface area (Å²) in [5.41, 5.74) is 0.462. The van der Waals surface area contributed by atoms with Gasteiger partial charge in [0, 0.05) is 26.6 Å². The molecule has 222 valence electrons. The average Bonchev–Trinajstić information content (AvgIpc) is 3.77. The summed E-state index contributed by atoms with van der Waals surface area (Å²) in [6.07, 6.45) is 8.22. The van der Waals surface area contributed by atoms with Crippen molar-refractivity contribution in [3.05, 3.63) is 29.6 Å². The lowest BCUT2D eigenvalue weighted by Gasteiger charge is -2.35. The maximum Gasteiger partial charge on any atom is 0.243 e. The average molecular weight is 561 g/mol. The summed E-state index contributed by atoms with van der Waals surface area (Å²) in [4.78, 5) is 41.5. The number of phenols is 1. The molecule has 3 amide bonds. The number of hydrogen-bond donors (Lipinski definition) is 4. The first kappa shape index (κ1) is 30.2. The molecule has 0 spiro atoms. The molecule has 4 N–H and O–H groups in total. The summed E-state index contributed by atoms with van der Waals surface area (Å²) in [7, 11) is 1.61. The topological polar surface area (TPSA) is 120 Å². The molecule has 4 rings (SSSR count). The van der Waals surface area contributed by atoms with Gasteiger partial charge in [-0.05, 0) is 81.9 Å². The van der Waals surface area contributed by atoms with Gasteiger partial charge in [0.05, 0.1) is 18.2 Å². The zero-order chi connectivity index (χ0) is 28.8. The highest BCUT2D eigenvalue weighted by Gasteiger charge is 2.40. The molecule has 0 bridgehead atoms. The molecule has 3 aliphatic rings. The summed E-state index contributed by atoms with van der Waals surface area (Å²) >= 11 is 0. The Hall–Kier alpha value is -2.72. The number of nitrogens with one attached hydrogen (secondary N) is 3. The number of amides is 3. The summed E-state index contributed by atoms with van der Waals surface area (Å²) in [6, 6.07) is 1.73. The highest BCUT2D eigenvalue weighted by Crippen LogP contribution is 2.34. The van der Waals surface area contributed by atoms with Crippen LogP contribution in [0.1, 0.15) is 70.8 Å². The van der Waals surface area contributed by atoms with Gasteiger partial charge in [0.25, 0.3) is 0 Å². The number of fused-ring (bicyclic) bond motifs is 1. The Kier molecular flexibility index (Phi) is 10.4. The molecule has 1 aliphatic heterocycles. The Morgan fingerprint density at radius 2 is 1.73 bits per heavy atom. The molecule has 10 heteroatoms. The standard InChI is InChI=1S/C30H45FN4O5/c1-18-17-33-27(22-11-12-22)30(39)35(3)19(2)28(37)34-24(16-20-10-13-25(36)23(31)15-20)29(38)32-14-6-8-21-7-4-5-9-26(21)40-18/h10,13,15,18-19,21-22,24,26-27,33,36H,4-9,11-12,14,16-17H2,1-3H3,(H,32,38)(H,34,37)/t18-,19-,21?,24-,26?,27+/m1/s1. The summed E-state index contributed by atoms with van der Waals surface area (Å²) in [5.74, 6) is -1.62.